The van der Waals surface area contributed by atoms with Crippen molar-refractivity contribution in [1.82, 2.24) is 15.4 Å². The van der Waals surface area contributed by atoms with Gasteiger partial charge in [0.2, 0.25) is 0 Å². The molecule has 2 heterocycles. The zero-order chi connectivity index (χ0) is 16.5. The summed E-state index contributed by atoms with van der Waals surface area (Å²) in [5.74, 6) is 2.15. The fourth-order valence-electron chi connectivity index (χ4n) is 2.62. The van der Waals surface area contributed by atoms with Gasteiger partial charge in [-0.15, -0.1) is 24.0 Å². The van der Waals surface area contributed by atoms with Crippen LogP contribution >= 0.6 is 24.0 Å². The number of guanidine groups is 1. The number of nitrogens with zero attached hydrogens (tertiary/aromatic N) is 3. The van der Waals surface area contributed by atoms with Gasteiger partial charge in [0, 0.05) is 30.1 Å². The van der Waals surface area contributed by atoms with Crippen LogP contribution in [-0.4, -0.2) is 34.6 Å². The molecule has 132 valence electrons. The van der Waals surface area contributed by atoms with Crippen LogP contribution in [0.4, 0.5) is 0 Å². The van der Waals surface area contributed by atoms with Gasteiger partial charge in [0.1, 0.15) is 6.54 Å². The highest BCUT2D eigenvalue weighted by Gasteiger charge is 2.53. The van der Waals surface area contributed by atoms with Crippen molar-refractivity contribution in [3.63, 3.8) is 0 Å². The van der Waals surface area contributed by atoms with E-state index < -0.39 is 0 Å². The Bertz CT molecular complexity index is 549. The number of aromatic nitrogens is 1. The Kier molecular flexibility index (Phi) is 6.52. The Morgan fingerprint density at radius 2 is 2.04 bits per heavy atom. The monoisotopic (exact) mass is 434 g/mol. The lowest BCUT2D eigenvalue weighted by molar-refractivity contribution is -0.0668. The second-order valence-corrected chi connectivity index (χ2v) is 7.57. The van der Waals surface area contributed by atoms with Crippen molar-refractivity contribution in [3.8, 4) is 0 Å². The van der Waals surface area contributed by atoms with E-state index in [2.05, 4.69) is 63.8 Å². The molecular weight excluding hydrogens is 403 g/mol. The van der Waals surface area contributed by atoms with Gasteiger partial charge in [-0.3, -0.25) is 0 Å². The van der Waals surface area contributed by atoms with Crippen LogP contribution in [-0.2, 0) is 6.54 Å². The standard InChI is InChI=1S/C17H30N4O.HI/c1-8-18-15(21-11-16(4,5)17(21,6)7)19-10-13-9-14(12(2)3)20-22-13;/h9,12H,8,10-11H2,1-7H3,(H,18,19);1H. The average molecular weight is 434 g/mol. The SMILES string of the molecule is CCNC(=NCc1cc(C(C)C)no1)N1CC(C)(C)C1(C)C.I. The first kappa shape index (κ1) is 20.3. The van der Waals surface area contributed by atoms with E-state index in [1.165, 1.54) is 0 Å². The molecule has 0 amide bonds. The van der Waals surface area contributed by atoms with Gasteiger partial charge >= 0.3 is 0 Å². The highest BCUT2D eigenvalue weighted by Crippen LogP contribution is 2.46. The van der Waals surface area contributed by atoms with Crippen molar-refractivity contribution in [2.24, 2.45) is 10.4 Å². The quantitative estimate of drug-likeness (QED) is 0.442. The predicted octanol–water partition coefficient (Wildman–Crippen LogP) is 4.00. The molecule has 1 aliphatic heterocycles. The molecule has 0 saturated carbocycles. The largest absolute Gasteiger partial charge is 0.359 e. The highest BCUT2D eigenvalue weighted by molar-refractivity contribution is 14.0. The maximum atomic E-state index is 5.38. The summed E-state index contributed by atoms with van der Waals surface area (Å²) in [6.45, 7) is 17.9. The molecule has 1 aromatic heterocycles. The number of rotatable bonds is 4. The van der Waals surface area contributed by atoms with Crippen molar-refractivity contribution in [3.05, 3.63) is 17.5 Å². The summed E-state index contributed by atoms with van der Waals surface area (Å²) in [4.78, 5) is 7.08. The van der Waals surface area contributed by atoms with Crippen LogP contribution in [0.3, 0.4) is 0 Å². The number of hydrogen-bond donors (Lipinski definition) is 1. The van der Waals surface area contributed by atoms with E-state index in [4.69, 9.17) is 9.52 Å². The van der Waals surface area contributed by atoms with Crippen molar-refractivity contribution < 1.29 is 4.52 Å². The van der Waals surface area contributed by atoms with Gasteiger partial charge in [-0.25, -0.2) is 4.99 Å². The van der Waals surface area contributed by atoms with Crippen LogP contribution in [0.1, 0.15) is 65.8 Å². The Balaban J connectivity index is 0.00000264. The molecule has 2 rings (SSSR count). The van der Waals surface area contributed by atoms with Crippen LogP contribution < -0.4 is 5.32 Å². The molecule has 1 aromatic rings. The van der Waals surface area contributed by atoms with Crippen molar-refractivity contribution in [2.45, 2.75) is 66.5 Å². The molecule has 0 aromatic carbocycles. The number of nitrogens with one attached hydrogen (secondary N) is 1. The van der Waals surface area contributed by atoms with Crippen LogP contribution in [0.5, 0.6) is 0 Å². The van der Waals surface area contributed by atoms with Crippen molar-refractivity contribution >= 4 is 29.9 Å². The number of aliphatic imine (C=N–C) groups is 1. The minimum Gasteiger partial charge on any atom is -0.359 e. The lowest BCUT2D eigenvalue weighted by atomic mass is 9.65. The van der Waals surface area contributed by atoms with Gasteiger partial charge < -0.3 is 14.7 Å². The molecule has 0 bridgehead atoms. The molecule has 23 heavy (non-hydrogen) atoms. The van der Waals surface area contributed by atoms with E-state index >= 15 is 0 Å². The minimum absolute atomic E-state index is 0. The Hall–Kier alpha value is -0.790. The van der Waals surface area contributed by atoms with E-state index in [1.807, 2.05) is 6.07 Å². The average Bonchev–Trinajstić information content (AvgIpc) is 2.90. The van der Waals surface area contributed by atoms with E-state index in [9.17, 15) is 0 Å². The topological polar surface area (TPSA) is 53.7 Å². The highest BCUT2D eigenvalue weighted by atomic mass is 127. The van der Waals surface area contributed by atoms with Crippen molar-refractivity contribution in [2.75, 3.05) is 13.1 Å². The molecule has 6 heteroatoms. The van der Waals surface area contributed by atoms with Gasteiger partial charge in [-0.05, 0) is 26.7 Å². The molecule has 0 aliphatic carbocycles. The van der Waals surface area contributed by atoms with Gasteiger partial charge in [-0.2, -0.15) is 0 Å². The summed E-state index contributed by atoms with van der Waals surface area (Å²) in [7, 11) is 0. The van der Waals surface area contributed by atoms with Crippen LogP contribution in [0.2, 0.25) is 0 Å². The Morgan fingerprint density at radius 3 is 2.48 bits per heavy atom. The van der Waals surface area contributed by atoms with Crippen LogP contribution in [0, 0.1) is 5.41 Å². The zero-order valence-electron chi connectivity index (χ0n) is 15.4. The third-order valence-corrected chi connectivity index (χ3v) is 5.03. The fourth-order valence-corrected chi connectivity index (χ4v) is 2.62. The first-order valence-electron chi connectivity index (χ1n) is 8.20. The zero-order valence-corrected chi connectivity index (χ0v) is 17.8. The van der Waals surface area contributed by atoms with Gasteiger partial charge in [-0.1, -0.05) is 32.9 Å². The molecule has 1 fully saturated rings. The van der Waals surface area contributed by atoms with E-state index in [0.29, 0.717) is 17.9 Å². The summed E-state index contributed by atoms with van der Waals surface area (Å²) in [5, 5.41) is 7.48. The maximum Gasteiger partial charge on any atom is 0.194 e. The van der Waals surface area contributed by atoms with Gasteiger partial charge in [0.15, 0.2) is 11.7 Å². The number of hydrogen-bond acceptors (Lipinski definition) is 3. The fraction of sp³-hybridized carbons (Fsp3) is 0.765. The summed E-state index contributed by atoms with van der Waals surface area (Å²) in [6, 6.07) is 2.00. The van der Waals surface area contributed by atoms with Crippen molar-refractivity contribution in [1.29, 1.82) is 0 Å². The Morgan fingerprint density at radius 1 is 1.39 bits per heavy atom. The van der Waals surface area contributed by atoms with E-state index in [0.717, 1.165) is 30.5 Å². The molecule has 1 aliphatic rings. The number of likely N-dealkylation sites (tertiary alicyclic amines) is 1. The third-order valence-electron chi connectivity index (χ3n) is 5.03. The molecule has 0 spiro atoms. The predicted molar refractivity (Wildman–Crippen MR) is 105 cm³/mol. The van der Waals surface area contributed by atoms with Crippen LogP contribution in [0.25, 0.3) is 0 Å². The normalized spacial score (nSPS) is 19.3. The molecular formula is C17H31IN4O. The van der Waals surface area contributed by atoms with E-state index in [-0.39, 0.29) is 29.5 Å². The lowest BCUT2D eigenvalue weighted by Crippen LogP contribution is -2.72. The second-order valence-electron chi connectivity index (χ2n) is 7.57. The molecule has 1 N–H and O–H groups in total. The number of halogens is 1. The second kappa shape index (κ2) is 7.40. The Labute approximate surface area is 157 Å². The maximum absolute atomic E-state index is 5.38. The molecule has 0 atom stereocenters. The minimum atomic E-state index is 0. The van der Waals surface area contributed by atoms with Gasteiger partial charge in [0.05, 0.1) is 5.69 Å². The molecule has 0 radical (unpaired) electrons. The van der Waals surface area contributed by atoms with Gasteiger partial charge in [0.25, 0.3) is 0 Å². The molecule has 0 unspecified atom stereocenters. The molecule has 5 nitrogen and oxygen atoms in total. The summed E-state index contributed by atoms with van der Waals surface area (Å²) < 4.78 is 5.38. The third kappa shape index (κ3) is 4.00. The van der Waals surface area contributed by atoms with E-state index in [1.54, 1.807) is 0 Å². The first-order valence-corrected chi connectivity index (χ1v) is 8.20. The van der Waals surface area contributed by atoms with Crippen LogP contribution in [0.15, 0.2) is 15.6 Å². The smallest absolute Gasteiger partial charge is 0.194 e. The summed E-state index contributed by atoms with van der Waals surface area (Å²) >= 11 is 0. The first-order chi connectivity index (χ1) is 10.2. The summed E-state index contributed by atoms with van der Waals surface area (Å²) in [6.07, 6.45) is 0. The lowest BCUT2D eigenvalue weighted by Gasteiger charge is -2.62. The molecule has 1 saturated heterocycles. The summed E-state index contributed by atoms with van der Waals surface area (Å²) in [5.41, 5.74) is 1.37.